The first-order valence-corrected chi connectivity index (χ1v) is 34.1. The van der Waals surface area contributed by atoms with Gasteiger partial charge >= 0.3 is 0 Å². The summed E-state index contributed by atoms with van der Waals surface area (Å²) in [5.74, 6) is 0. The van der Waals surface area contributed by atoms with E-state index in [1.54, 1.807) is 0 Å². The van der Waals surface area contributed by atoms with Crippen LogP contribution in [0.4, 0.5) is 34.1 Å². The lowest BCUT2D eigenvalue weighted by Crippen LogP contribution is -2.17. The minimum atomic E-state index is -0.224. The summed E-state index contributed by atoms with van der Waals surface area (Å²) in [6.45, 7) is 19.3. The molecule has 18 rings (SSSR count). The first-order chi connectivity index (χ1) is 46.1. The van der Waals surface area contributed by atoms with Gasteiger partial charge in [0.1, 0.15) is 11.0 Å². The molecule has 0 fully saturated rings. The van der Waals surface area contributed by atoms with Crippen molar-refractivity contribution in [3.8, 4) is 89.0 Å². The predicted molar refractivity (Wildman–Crippen MR) is 399 cm³/mol. The van der Waals surface area contributed by atoms with E-state index in [1.807, 2.05) is 0 Å². The highest BCUT2D eigenvalue weighted by Gasteiger charge is 2.44. The summed E-state index contributed by atoms with van der Waals surface area (Å²) in [5, 5.41) is 0. The van der Waals surface area contributed by atoms with E-state index in [9.17, 15) is 0 Å². The topological polar surface area (TPSA) is 32.3 Å². The van der Waals surface area contributed by atoms with E-state index >= 15 is 0 Å². The van der Waals surface area contributed by atoms with Crippen molar-refractivity contribution in [1.29, 1.82) is 0 Å². The molecule has 5 heteroatoms. The Kier molecular flexibility index (Phi) is 12.5. The molecule has 0 amide bonds. The quantitative estimate of drug-likeness (QED) is 0.137. The van der Waals surface area contributed by atoms with E-state index in [-0.39, 0.29) is 21.7 Å². The number of para-hydroxylation sites is 4. The van der Waals surface area contributed by atoms with Gasteiger partial charge in [0, 0.05) is 66.9 Å². The van der Waals surface area contributed by atoms with E-state index in [4.69, 9.17) is 8.75 Å². The van der Waals surface area contributed by atoms with Crippen LogP contribution < -0.4 is 9.80 Å². The highest BCUT2D eigenvalue weighted by molar-refractivity contribution is 7.00. The van der Waals surface area contributed by atoms with Crippen molar-refractivity contribution < 1.29 is 0 Å². The molecule has 1 aromatic heterocycles. The smallest absolute Gasteiger partial charge is 0.113 e. The Bertz CT molecular complexity index is 5030. The van der Waals surface area contributed by atoms with Gasteiger partial charge in [-0.2, -0.15) is 8.75 Å². The van der Waals surface area contributed by atoms with Crippen LogP contribution in [0.1, 0.15) is 99.9 Å². The van der Waals surface area contributed by atoms with Crippen molar-refractivity contribution in [2.45, 2.75) is 77.0 Å². The molecule has 0 radical (unpaired) electrons. The second-order valence-corrected chi connectivity index (χ2v) is 29.2. The molecule has 14 aromatic rings. The number of anilines is 6. The minimum absolute atomic E-state index is 0.188. The summed E-state index contributed by atoms with van der Waals surface area (Å²) in [7, 11) is 0. The van der Waals surface area contributed by atoms with Gasteiger partial charge in [-0.25, -0.2) is 0 Å². The highest BCUT2D eigenvalue weighted by atomic mass is 32.1. The summed E-state index contributed by atoms with van der Waals surface area (Å²) in [5.41, 5.74) is 39.0. The van der Waals surface area contributed by atoms with Crippen molar-refractivity contribution in [3.05, 3.63) is 324 Å². The molecule has 13 aromatic carbocycles. The van der Waals surface area contributed by atoms with Crippen molar-refractivity contribution in [1.82, 2.24) is 8.75 Å². The number of hydrogen-bond donors (Lipinski definition) is 0. The van der Waals surface area contributed by atoms with Crippen molar-refractivity contribution in [2.75, 3.05) is 9.80 Å². The molecule has 4 nitrogen and oxygen atoms in total. The lowest BCUT2D eigenvalue weighted by atomic mass is 9.78. The molecule has 0 spiro atoms. The normalized spacial score (nSPS) is 14.9. The molecule has 0 N–H and O–H groups in total. The zero-order valence-corrected chi connectivity index (χ0v) is 55.6. The molecular weight excluding hydrogens is 1170 g/mol. The fourth-order valence-corrected chi connectivity index (χ4v) is 17.3. The van der Waals surface area contributed by atoms with Gasteiger partial charge in [-0.15, -0.1) is 0 Å². The maximum atomic E-state index is 5.07. The second-order valence-electron chi connectivity index (χ2n) is 28.7. The van der Waals surface area contributed by atoms with Gasteiger partial charge in [0.05, 0.1) is 11.7 Å². The Hall–Kier alpha value is -10.7. The summed E-state index contributed by atoms with van der Waals surface area (Å²) >= 11 is 1.31. The standard InChI is InChI=1S/C90H70N4S/c1-87(2)77-47-57(55-29-37-65(38-30-55)93(61-21-13-9-14-22-61)62-23-15-10-16-24-62)33-41-69(77)73-51-83-75(53-81(73)87)71-43-35-59(49-79(71)89(83,5)6)67-45-46-68(86-85(67)91-95-92-86)60-36-44-72-76-54-82-74(52-84(76)90(7,8)80(72)50-60)70-42-34-58(48-78(70)88(82,3)4)56-31-39-66(40-32-56)94(63-25-17-11-18-26-63)64-27-19-12-20-28-64/h9-54H,1-8H3. The van der Waals surface area contributed by atoms with E-state index in [2.05, 4.69) is 344 Å². The van der Waals surface area contributed by atoms with E-state index in [0.29, 0.717) is 0 Å². The summed E-state index contributed by atoms with van der Waals surface area (Å²) in [6.07, 6.45) is 0. The Balaban J connectivity index is 0.615. The van der Waals surface area contributed by atoms with E-state index in [1.165, 1.54) is 134 Å². The number of nitrogens with zero attached hydrogens (tertiary/aromatic N) is 4. The number of rotatable bonds is 10. The lowest BCUT2D eigenvalue weighted by molar-refractivity contribution is 0.652. The Morgan fingerprint density at radius 2 is 0.432 bits per heavy atom. The van der Waals surface area contributed by atoms with Crippen LogP contribution in [-0.4, -0.2) is 8.75 Å². The highest BCUT2D eigenvalue weighted by Crippen LogP contribution is 2.60. The van der Waals surface area contributed by atoms with Crippen molar-refractivity contribution in [3.63, 3.8) is 0 Å². The van der Waals surface area contributed by atoms with E-state index in [0.717, 1.165) is 56.3 Å². The fraction of sp³-hybridized carbons (Fsp3) is 0.133. The number of hydrogen-bond acceptors (Lipinski definition) is 5. The Labute approximate surface area is 561 Å². The summed E-state index contributed by atoms with van der Waals surface area (Å²) in [4.78, 5) is 4.64. The number of fused-ring (bicyclic) bond motifs is 13. The van der Waals surface area contributed by atoms with E-state index < -0.39 is 0 Å². The molecule has 0 aliphatic heterocycles. The van der Waals surface area contributed by atoms with Gasteiger partial charge in [-0.1, -0.05) is 213 Å². The van der Waals surface area contributed by atoms with Crippen LogP contribution in [0.3, 0.4) is 0 Å². The van der Waals surface area contributed by atoms with Gasteiger partial charge in [-0.05, 0) is 244 Å². The molecule has 4 aliphatic rings. The molecule has 0 atom stereocenters. The Morgan fingerprint density at radius 1 is 0.211 bits per heavy atom. The SMILES string of the molecule is CC1(C)c2cc(-c3ccc(N(c4ccccc4)c4ccccc4)cc3)ccc2-c2cc3c(cc21)-c1ccc(-c2ccc(-c4ccc5c(c4)C(C)(C)c4cc6c(cc4-5)C(C)(C)c4cc(-c5ccc(N(c7ccccc7)c7ccccc7)cc5)ccc4-6)c4nsnc24)cc1C3(C)C. The van der Waals surface area contributed by atoms with Gasteiger partial charge < -0.3 is 9.80 Å². The second kappa shape index (κ2) is 20.9. The minimum Gasteiger partial charge on any atom is -0.311 e. The van der Waals surface area contributed by atoms with Gasteiger partial charge in [0.2, 0.25) is 0 Å². The van der Waals surface area contributed by atoms with Crippen LogP contribution in [0.5, 0.6) is 0 Å². The van der Waals surface area contributed by atoms with Crippen LogP contribution in [0, 0.1) is 0 Å². The van der Waals surface area contributed by atoms with Gasteiger partial charge in [0.15, 0.2) is 0 Å². The molecule has 0 bridgehead atoms. The maximum absolute atomic E-state index is 5.07. The third kappa shape index (κ3) is 8.64. The van der Waals surface area contributed by atoms with Gasteiger partial charge in [-0.3, -0.25) is 0 Å². The third-order valence-electron chi connectivity index (χ3n) is 22.0. The molecule has 456 valence electrons. The van der Waals surface area contributed by atoms with Crippen molar-refractivity contribution in [2.24, 2.45) is 0 Å². The molecule has 1 heterocycles. The average molecular weight is 1240 g/mol. The number of aromatic nitrogens is 2. The largest absolute Gasteiger partial charge is 0.311 e. The average Bonchev–Trinajstić information content (AvgIpc) is 1.55. The van der Waals surface area contributed by atoms with Crippen LogP contribution in [0.15, 0.2) is 279 Å². The zero-order chi connectivity index (χ0) is 64.3. The van der Waals surface area contributed by atoms with Gasteiger partial charge in [0.25, 0.3) is 0 Å². The predicted octanol–water partition coefficient (Wildman–Crippen LogP) is 24.5. The third-order valence-corrected chi connectivity index (χ3v) is 22.5. The molecule has 95 heavy (non-hydrogen) atoms. The zero-order valence-electron chi connectivity index (χ0n) is 54.8. The summed E-state index contributed by atoms with van der Waals surface area (Å²) < 4.78 is 10.1. The van der Waals surface area contributed by atoms with Crippen LogP contribution in [0.25, 0.3) is 100 Å². The molecule has 0 unspecified atom stereocenters. The Morgan fingerprint density at radius 3 is 0.716 bits per heavy atom. The molecule has 0 saturated carbocycles. The number of benzene rings is 13. The van der Waals surface area contributed by atoms with Crippen LogP contribution in [-0.2, 0) is 21.7 Å². The molecule has 4 aliphatic carbocycles. The first-order valence-electron chi connectivity index (χ1n) is 33.4. The van der Waals surface area contributed by atoms with Crippen molar-refractivity contribution >= 4 is 56.9 Å². The van der Waals surface area contributed by atoms with Crippen LogP contribution in [0.2, 0.25) is 0 Å². The lowest BCUT2D eigenvalue weighted by Gasteiger charge is -2.25. The molecule has 0 saturated heterocycles. The van der Waals surface area contributed by atoms with Crippen LogP contribution >= 0.6 is 11.7 Å². The molecular formula is C90H70N4S. The summed E-state index contributed by atoms with van der Waals surface area (Å²) in [6, 6.07) is 104. The fourth-order valence-electron chi connectivity index (χ4n) is 16.8. The monoisotopic (exact) mass is 1240 g/mol. The first kappa shape index (κ1) is 57.0. The maximum Gasteiger partial charge on any atom is 0.113 e.